The van der Waals surface area contributed by atoms with Gasteiger partial charge in [-0.15, -0.1) is 11.3 Å². The van der Waals surface area contributed by atoms with E-state index in [4.69, 9.17) is 4.98 Å². The van der Waals surface area contributed by atoms with Crippen LogP contribution in [0.3, 0.4) is 0 Å². The average molecular weight is 309 g/mol. The van der Waals surface area contributed by atoms with Crippen LogP contribution >= 0.6 is 11.3 Å². The van der Waals surface area contributed by atoms with Crippen LogP contribution < -0.4 is 5.32 Å². The summed E-state index contributed by atoms with van der Waals surface area (Å²) < 4.78 is 0. The third-order valence-electron chi connectivity index (χ3n) is 4.61. The maximum absolute atomic E-state index is 4.91. The predicted molar refractivity (Wildman–Crippen MR) is 93.1 cm³/mol. The van der Waals surface area contributed by atoms with E-state index in [-0.39, 0.29) is 5.41 Å². The SMILES string of the molecule is CC(C)NCC(Cc1nc(C(C)(C)C)cs1)C1CCCC1. The summed E-state index contributed by atoms with van der Waals surface area (Å²) in [5.74, 6) is 1.66. The second-order valence-corrected chi connectivity index (χ2v) is 8.89. The summed E-state index contributed by atoms with van der Waals surface area (Å²) >= 11 is 1.86. The third-order valence-corrected chi connectivity index (χ3v) is 5.48. The van der Waals surface area contributed by atoms with E-state index in [1.807, 2.05) is 11.3 Å². The smallest absolute Gasteiger partial charge is 0.0931 e. The molecule has 2 rings (SSSR count). The highest BCUT2D eigenvalue weighted by Crippen LogP contribution is 2.34. The van der Waals surface area contributed by atoms with Gasteiger partial charge >= 0.3 is 0 Å². The maximum atomic E-state index is 4.91. The minimum atomic E-state index is 0.174. The molecule has 0 saturated heterocycles. The summed E-state index contributed by atoms with van der Waals surface area (Å²) in [5.41, 5.74) is 1.43. The lowest BCUT2D eigenvalue weighted by Crippen LogP contribution is -2.33. The first-order valence-electron chi connectivity index (χ1n) is 8.54. The van der Waals surface area contributed by atoms with Crippen LogP contribution in [0.15, 0.2) is 5.38 Å². The van der Waals surface area contributed by atoms with Crippen molar-refractivity contribution in [1.29, 1.82) is 0 Å². The van der Waals surface area contributed by atoms with E-state index >= 15 is 0 Å². The minimum absolute atomic E-state index is 0.174. The molecular formula is C18H32N2S. The number of nitrogens with zero attached hydrogens (tertiary/aromatic N) is 1. The van der Waals surface area contributed by atoms with Crippen LogP contribution in [0.4, 0.5) is 0 Å². The number of hydrogen-bond donors (Lipinski definition) is 1. The molecule has 1 N–H and O–H groups in total. The largest absolute Gasteiger partial charge is 0.314 e. The number of hydrogen-bond acceptors (Lipinski definition) is 3. The van der Waals surface area contributed by atoms with Crippen molar-refractivity contribution in [3.63, 3.8) is 0 Å². The summed E-state index contributed by atoms with van der Waals surface area (Å²) in [6.07, 6.45) is 6.84. The molecule has 2 nitrogen and oxygen atoms in total. The van der Waals surface area contributed by atoms with E-state index in [2.05, 4.69) is 45.3 Å². The maximum Gasteiger partial charge on any atom is 0.0931 e. The van der Waals surface area contributed by atoms with E-state index in [0.717, 1.165) is 24.8 Å². The van der Waals surface area contributed by atoms with Crippen molar-refractivity contribution in [2.45, 2.75) is 78.2 Å². The van der Waals surface area contributed by atoms with Gasteiger partial charge in [-0.25, -0.2) is 4.98 Å². The van der Waals surface area contributed by atoms with Gasteiger partial charge in [-0.3, -0.25) is 0 Å². The van der Waals surface area contributed by atoms with Gasteiger partial charge in [-0.05, 0) is 18.4 Å². The van der Waals surface area contributed by atoms with E-state index in [1.165, 1.54) is 36.4 Å². The van der Waals surface area contributed by atoms with Crippen molar-refractivity contribution in [2.75, 3.05) is 6.54 Å². The Kier molecular flexibility index (Phi) is 5.84. The fraction of sp³-hybridized carbons (Fsp3) is 0.833. The van der Waals surface area contributed by atoms with Crippen LogP contribution in [-0.2, 0) is 11.8 Å². The molecule has 120 valence electrons. The second-order valence-electron chi connectivity index (χ2n) is 7.95. The average Bonchev–Trinajstić information content (AvgIpc) is 3.04. The van der Waals surface area contributed by atoms with Gasteiger partial charge in [0.25, 0.3) is 0 Å². The Morgan fingerprint density at radius 1 is 1.29 bits per heavy atom. The monoisotopic (exact) mass is 308 g/mol. The Hall–Kier alpha value is -0.410. The normalized spacial score (nSPS) is 18.6. The van der Waals surface area contributed by atoms with E-state index in [1.54, 1.807) is 0 Å². The second kappa shape index (κ2) is 7.23. The Morgan fingerprint density at radius 3 is 2.48 bits per heavy atom. The first kappa shape index (κ1) is 17.0. The Balaban J connectivity index is 2.01. The predicted octanol–water partition coefficient (Wildman–Crippen LogP) is 4.79. The van der Waals surface area contributed by atoms with Gasteiger partial charge < -0.3 is 5.32 Å². The van der Waals surface area contributed by atoms with Crippen molar-refractivity contribution in [1.82, 2.24) is 10.3 Å². The van der Waals surface area contributed by atoms with Crippen LogP contribution in [-0.4, -0.2) is 17.6 Å². The highest BCUT2D eigenvalue weighted by atomic mass is 32.1. The zero-order valence-electron chi connectivity index (χ0n) is 14.4. The fourth-order valence-corrected chi connectivity index (χ4v) is 4.31. The molecule has 1 aromatic rings. The molecular weight excluding hydrogens is 276 g/mol. The lowest BCUT2D eigenvalue weighted by molar-refractivity contribution is 0.312. The molecule has 21 heavy (non-hydrogen) atoms. The van der Waals surface area contributed by atoms with Gasteiger partial charge in [-0.2, -0.15) is 0 Å². The van der Waals surface area contributed by atoms with Crippen molar-refractivity contribution in [3.8, 4) is 0 Å². The molecule has 1 aliphatic carbocycles. The van der Waals surface area contributed by atoms with Crippen molar-refractivity contribution in [2.24, 2.45) is 11.8 Å². The molecule has 0 spiro atoms. The summed E-state index contributed by atoms with van der Waals surface area (Å²) in [5, 5.41) is 7.25. The highest BCUT2D eigenvalue weighted by Gasteiger charge is 2.26. The lowest BCUT2D eigenvalue weighted by atomic mass is 9.88. The van der Waals surface area contributed by atoms with Gasteiger partial charge in [0.05, 0.1) is 10.7 Å². The number of aromatic nitrogens is 1. The molecule has 1 unspecified atom stereocenters. The van der Waals surface area contributed by atoms with Crippen LogP contribution in [0.5, 0.6) is 0 Å². The van der Waals surface area contributed by atoms with E-state index in [9.17, 15) is 0 Å². The molecule has 1 heterocycles. The summed E-state index contributed by atoms with van der Waals surface area (Å²) in [6, 6.07) is 0.579. The fourth-order valence-electron chi connectivity index (χ4n) is 3.19. The topological polar surface area (TPSA) is 24.9 Å². The van der Waals surface area contributed by atoms with Gasteiger partial charge in [0.2, 0.25) is 0 Å². The van der Waals surface area contributed by atoms with Crippen LogP contribution in [0.2, 0.25) is 0 Å². The lowest BCUT2D eigenvalue weighted by Gasteiger charge is -2.24. The molecule has 0 radical (unpaired) electrons. The molecule has 3 heteroatoms. The van der Waals surface area contributed by atoms with E-state index in [0.29, 0.717) is 6.04 Å². The van der Waals surface area contributed by atoms with Gasteiger partial charge in [0.15, 0.2) is 0 Å². The van der Waals surface area contributed by atoms with Gasteiger partial charge in [0, 0.05) is 23.3 Å². The number of nitrogens with one attached hydrogen (secondary N) is 1. The standard InChI is InChI=1S/C18H32N2S/c1-13(2)19-11-15(14-8-6-7-9-14)10-17-20-16(12-21-17)18(3,4)5/h12-15,19H,6-11H2,1-5H3. The Labute approximate surface area is 134 Å². The molecule has 0 aromatic carbocycles. The Bertz CT molecular complexity index is 425. The molecule has 1 saturated carbocycles. The van der Waals surface area contributed by atoms with Crippen molar-refractivity contribution < 1.29 is 0 Å². The molecule has 1 fully saturated rings. The van der Waals surface area contributed by atoms with Gasteiger partial charge in [0.1, 0.15) is 0 Å². The Morgan fingerprint density at radius 2 is 1.95 bits per heavy atom. The number of rotatable bonds is 6. The quantitative estimate of drug-likeness (QED) is 0.817. The van der Waals surface area contributed by atoms with Crippen LogP contribution in [0, 0.1) is 11.8 Å². The molecule has 1 aliphatic rings. The van der Waals surface area contributed by atoms with Crippen molar-refractivity contribution in [3.05, 3.63) is 16.1 Å². The van der Waals surface area contributed by atoms with Crippen LogP contribution in [0.25, 0.3) is 0 Å². The first-order valence-corrected chi connectivity index (χ1v) is 9.42. The summed E-state index contributed by atoms with van der Waals surface area (Å²) in [6.45, 7) is 12.4. The molecule has 0 bridgehead atoms. The summed E-state index contributed by atoms with van der Waals surface area (Å²) in [4.78, 5) is 4.91. The molecule has 0 aliphatic heterocycles. The third kappa shape index (κ3) is 5.07. The molecule has 1 atom stereocenters. The zero-order chi connectivity index (χ0) is 15.5. The first-order chi connectivity index (χ1) is 9.86. The van der Waals surface area contributed by atoms with Gasteiger partial charge in [-0.1, -0.05) is 60.3 Å². The zero-order valence-corrected chi connectivity index (χ0v) is 15.2. The molecule has 1 aromatic heterocycles. The van der Waals surface area contributed by atoms with Crippen LogP contribution in [0.1, 0.15) is 71.0 Å². The highest BCUT2D eigenvalue weighted by molar-refractivity contribution is 7.09. The minimum Gasteiger partial charge on any atom is -0.314 e. The molecule has 0 amide bonds. The van der Waals surface area contributed by atoms with E-state index < -0.39 is 0 Å². The van der Waals surface area contributed by atoms with Crippen molar-refractivity contribution >= 4 is 11.3 Å². The summed E-state index contributed by atoms with van der Waals surface area (Å²) in [7, 11) is 0. The number of thiazole rings is 1.